The van der Waals surface area contributed by atoms with Gasteiger partial charge in [0.15, 0.2) is 11.5 Å². The van der Waals surface area contributed by atoms with Crippen molar-refractivity contribution in [2.45, 2.75) is 20.8 Å². The summed E-state index contributed by atoms with van der Waals surface area (Å²) >= 11 is 0. The van der Waals surface area contributed by atoms with Crippen molar-refractivity contribution in [1.29, 1.82) is 0 Å². The van der Waals surface area contributed by atoms with Gasteiger partial charge in [0.1, 0.15) is 6.20 Å². The standard InChI is InChI=1S/C20H24N4O6/c1-5-29-17-8-7-14(9-18(17)30-6-2)22-19(25)12-23(4)20(26)16-10-15(24(27)28)11-21-13(16)3/h7-11H,5-6,12H2,1-4H3,(H,22,25). The van der Waals surface area contributed by atoms with Crippen LogP contribution in [0.4, 0.5) is 11.4 Å². The molecule has 0 unspecified atom stereocenters. The first-order valence-corrected chi connectivity index (χ1v) is 9.32. The number of carbonyl (C=O) groups is 2. The van der Waals surface area contributed by atoms with Crippen LogP contribution in [0.1, 0.15) is 29.9 Å². The summed E-state index contributed by atoms with van der Waals surface area (Å²) in [7, 11) is 1.43. The van der Waals surface area contributed by atoms with E-state index in [1.54, 1.807) is 25.1 Å². The Kier molecular flexibility index (Phi) is 7.68. The molecule has 0 radical (unpaired) electrons. The van der Waals surface area contributed by atoms with E-state index < -0.39 is 16.7 Å². The fraction of sp³-hybridized carbons (Fsp3) is 0.350. The van der Waals surface area contributed by atoms with Gasteiger partial charge in [-0.25, -0.2) is 0 Å². The van der Waals surface area contributed by atoms with Crippen LogP contribution in [0.25, 0.3) is 0 Å². The number of benzene rings is 1. The number of anilines is 1. The Morgan fingerprint density at radius 1 is 1.17 bits per heavy atom. The van der Waals surface area contributed by atoms with Gasteiger partial charge in [0.2, 0.25) is 5.91 Å². The SMILES string of the molecule is CCOc1ccc(NC(=O)CN(C)C(=O)c2cc([N+](=O)[O-])cnc2C)cc1OCC. The van der Waals surface area contributed by atoms with Gasteiger partial charge in [0.25, 0.3) is 11.6 Å². The highest BCUT2D eigenvalue weighted by molar-refractivity contribution is 6.00. The predicted molar refractivity (Wildman–Crippen MR) is 110 cm³/mol. The Morgan fingerprint density at radius 3 is 2.47 bits per heavy atom. The first-order valence-electron chi connectivity index (χ1n) is 9.32. The van der Waals surface area contributed by atoms with Crippen molar-refractivity contribution in [3.63, 3.8) is 0 Å². The Hall–Kier alpha value is -3.69. The number of aromatic nitrogens is 1. The Morgan fingerprint density at radius 2 is 1.83 bits per heavy atom. The quantitative estimate of drug-likeness (QED) is 0.492. The second-order valence-electron chi connectivity index (χ2n) is 6.32. The fourth-order valence-electron chi connectivity index (χ4n) is 2.66. The number of likely N-dealkylation sites (N-methyl/N-ethyl adjacent to an activating group) is 1. The number of aryl methyl sites for hydroxylation is 1. The number of hydrogen-bond donors (Lipinski definition) is 1. The van der Waals surface area contributed by atoms with Gasteiger partial charge in [-0.2, -0.15) is 0 Å². The molecule has 0 spiro atoms. The van der Waals surface area contributed by atoms with Crippen molar-refractivity contribution in [2.75, 3.05) is 32.1 Å². The molecule has 0 bridgehead atoms. The van der Waals surface area contributed by atoms with Crippen LogP contribution in [0, 0.1) is 17.0 Å². The summed E-state index contributed by atoms with van der Waals surface area (Å²) in [5.41, 5.74) is 0.602. The molecule has 10 heteroatoms. The van der Waals surface area contributed by atoms with Crippen LogP contribution in [0.15, 0.2) is 30.5 Å². The third-order valence-electron chi connectivity index (χ3n) is 4.07. The van der Waals surface area contributed by atoms with Crippen LogP contribution >= 0.6 is 0 Å². The number of nitro groups is 1. The fourth-order valence-corrected chi connectivity index (χ4v) is 2.66. The van der Waals surface area contributed by atoms with E-state index in [0.717, 1.165) is 12.3 Å². The highest BCUT2D eigenvalue weighted by atomic mass is 16.6. The van der Waals surface area contributed by atoms with E-state index in [1.807, 2.05) is 13.8 Å². The normalized spacial score (nSPS) is 10.3. The first kappa shape index (κ1) is 22.6. The lowest BCUT2D eigenvalue weighted by Crippen LogP contribution is -2.35. The smallest absolute Gasteiger partial charge is 0.288 e. The van der Waals surface area contributed by atoms with Crippen molar-refractivity contribution >= 4 is 23.2 Å². The molecule has 0 aliphatic heterocycles. The molecule has 2 aromatic rings. The van der Waals surface area contributed by atoms with Gasteiger partial charge >= 0.3 is 0 Å². The zero-order valence-electron chi connectivity index (χ0n) is 17.3. The van der Waals surface area contributed by atoms with E-state index in [0.29, 0.717) is 36.1 Å². The lowest BCUT2D eigenvalue weighted by Gasteiger charge is -2.18. The molecule has 0 aliphatic rings. The second kappa shape index (κ2) is 10.2. The van der Waals surface area contributed by atoms with E-state index >= 15 is 0 Å². The van der Waals surface area contributed by atoms with Gasteiger partial charge < -0.3 is 19.7 Å². The first-order chi connectivity index (χ1) is 14.3. The van der Waals surface area contributed by atoms with Gasteiger partial charge in [-0.05, 0) is 32.9 Å². The molecule has 0 fully saturated rings. The summed E-state index contributed by atoms with van der Waals surface area (Å²) in [6.45, 7) is 5.93. The average Bonchev–Trinajstić information content (AvgIpc) is 2.69. The summed E-state index contributed by atoms with van der Waals surface area (Å²) in [5, 5.41) is 13.6. The number of carbonyl (C=O) groups excluding carboxylic acids is 2. The molecule has 2 amide bonds. The number of ether oxygens (including phenoxy) is 2. The van der Waals surface area contributed by atoms with Gasteiger partial charge in [-0.3, -0.25) is 24.7 Å². The zero-order chi connectivity index (χ0) is 22.3. The Bertz CT molecular complexity index is 947. The largest absolute Gasteiger partial charge is 0.490 e. The summed E-state index contributed by atoms with van der Waals surface area (Å²) in [6.07, 6.45) is 1.08. The molecule has 1 N–H and O–H groups in total. The minimum absolute atomic E-state index is 0.0687. The van der Waals surface area contributed by atoms with Gasteiger partial charge in [0.05, 0.1) is 35.9 Å². The summed E-state index contributed by atoms with van der Waals surface area (Å²) in [5.74, 6) is 0.0900. The molecule has 0 saturated carbocycles. The maximum Gasteiger partial charge on any atom is 0.288 e. The Balaban J connectivity index is 2.09. The molecule has 0 saturated heterocycles. The number of hydrogen-bond acceptors (Lipinski definition) is 7. The zero-order valence-corrected chi connectivity index (χ0v) is 17.3. The molecule has 1 heterocycles. The Labute approximate surface area is 174 Å². The van der Waals surface area contributed by atoms with Gasteiger partial charge in [0, 0.05) is 24.9 Å². The van der Waals surface area contributed by atoms with Gasteiger partial charge in [-0.1, -0.05) is 0 Å². The van der Waals surface area contributed by atoms with Crippen molar-refractivity contribution < 1.29 is 24.0 Å². The minimum atomic E-state index is -0.627. The number of nitrogens with one attached hydrogen (secondary N) is 1. The van der Waals surface area contributed by atoms with Crippen LogP contribution in [0.3, 0.4) is 0 Å². The highest BCUT2D eigenvalue weighted by Crippen LogP contribution is 2.30. The maximum absolute atomic E-state index is 12.6. The molecule has 2 rings (SSSR count). The molecule has 0 aliphatic carbocycles. The number of amides is 2. The van der Waals surface area contributed by atoms with Crippen molar-refractivity contribution in [3.8, 4) is 11.5 Å². The molecule has 30 heavy (non-hydrogen) atoms. The molecular formula is C20H24N4O6. The van der Waals surface area contributed by atoms with Crippen LogP contribution in [0.5, 0.6) is 11.5 Å². The van der Waals surface area contributed by atoms with Crippen molar-refractivity contribution in [2.24, 2.45) is 0 Å². The third kappa shape index (κ3) is 5.66. The van der Waals surface area contributed by atoms with E-state index in [4.69, 9.17) is 9.47 Å². The molecule has 1 aromatic carbocycles. The van der Waals surface area contributed by atoms with E-state index in [9.17, 15) is 19.7 Å². The topological polar surface area (TPSA) is 124 Å². The van der Waals surface area contributed by atoms with Crippen molar-refractivity contribution in [1.82, 2.24) is 9.88 Å². The lowest BCUT2D eigenvalue weighted by molar-refractivity contribution is -0.385. The molecule has 160 valence electrons. The highest BCUT2D eigenvalue weighted by Gasteiger charge is 2.21. The number of rotatable bonds is 9. The predicted octanol–water partition coefficient (Wildman–Crippen LogP) is 2.81. The van der Waals surface area contributed by atoms with Crippen LogP contribution in [-0.2, 0) is 4.79 Å². The minimum Gasteiger partial charge on any atom is -0.490 e. The summed E-state index contributed by atoms with van der Waals surface area (Å²) in [6, 6.07) is 6.15. The van der Waals surface area contributed by atoms with Crippen LogP contribution in [-0.4, -0.2) is 53.4 Å². The third-order valence-corrected chi connectivity index (χ3v) is 4.07. The van der Waals surface area contributed by atoms with Crippen LogP contribution in [0.2, 0.25) is 0 Å². The van der Waals surface area contributed by atoms with E-state index in [1.165, 1.54) is 11.9 Å². The summed E-state index contributed by atoms with van der Waals surface area (Å²) < 4.78 is 11.0. The maximum atomic E-state index is 12.6. The number of nitrogens with zero attached hydrogens (tertiary/aromatic N) is 3. The lowest BCUT2D eigenvalue weighted by atomic mass is 10.1. The molecule has 10 nitrogen and oxygen atoms in total. The van der Waals surface area contributed by atoms with E-state index in [2.05, 4.69) is 10.3 Å². The molecular weight excluding hydrogens is 392 g/mol. The molecule has 0 atom stereocenters. The van der Waals surface area contributed by atoms with Crippen LogP contribution < -0.4 is 14.8 Å². The van der Waals surface area contributed by atoms with Gasteiger partial charge in [-0.15, -0.1) is 0 Å². The molecule has 1 aromatic heterocycles. The monoisotopic (exact) mass is 416 g/mol. The average molecular weight is 416 g/mol. The second-order valence-corrected chi connectivity index (χ2v) is 6.32. The van der Waals surface area contributed by atoms with E-state index in [-0.39, 0.29) is 17.8 Å². The summed E-state index contributed by atoms with van der Waals surface area (Å²) in [4.78, 5) is 40.4. The number of pyridine rings is 1. The van der Waals surface area contributed by atoms with Crippen molar-refractivity contribution in [3.05, 3.63) is 51.8 Å².